The summed E-state index contributed by atoms with van der Waals surface area (Å²) in [5.74, 6) is 0.744. The molecule has 1 atom stereocenters. The minimum Gasteiger partial charge on any atom is -0.493 e. The van der Waals surface area contributed by atoms with E-state index in [1.54, 1.807) is 18.3 Å². The van der Waals surface area contributed by atoms with Crippen LogP contribution in [0.25, 0.3) is 0 Å². The highest BCUT2D eigenvalue weighted by molar-refractivity contribution is 7.10. The Morgan fingerprint density at radius 2 is 2.00 bits per heavy atom. The van der Waals surface area contributed by atoms with Crippen molar-refractivity contribution in [1.82, 2.24) is 0 Å². The summed E-state index contributed by atoms with van der Waals surface area (Å²) in [5, 5.41) is 12.6. The molecule has 90 valence electrons. The summed E-state index contributed by atoms with van der Waals surface area (Å²) in [4.78, 5) is 0.921. The molecule has 0 bridgehead atoms. The maximum Gasteiger partial charge on any atom is 0.125 e. The van der Waals surface area contributed by atoms with Crippen molar-refractivity contribution in [3.05, 3.63) is 52.2 Å². The van der Waals surface area contributed by atoms with Crippen molar-refractivity contribution in [3.8, 4) is 5.75 Å². The van der Waals surface area contributed by atoms with E-state index in [0.29, 0.717) is 6.61 Å². The molecule has 0 aliphatic rings. The zero-order valence-electron chi connectivity index (χ0n) is 10.0. The Balaban J connectivity index is 2.45. The van der Waals surface area contributed by atoms with Gasteiger partial charge < -0.3 is 9.84 Å². The Labute approximate surface area is 105 Å². The van der Waals surface area contributed by atoms with E-state index < -0.39 is 5.60 Å². The normalized spacial score (nSPS) is 14.3. The van der Waals surface area contributed by atoms with E-state index in [4.69, 9.17) is 4.74 Å². The maximum atomic E-state index is 10.7. The van der Waals surface area contributed by atoms with E-state index in [-0.39, 0.29) is 0 Å². The standard InChI is InChI=1S/C14H16O2S/c1-3-16-12-8-5-4-7-11(12)14(2,15)13-9-6-10-17-13/h4-10,15H,3H2,1-2H3. The van der Waals surface area contributed by atoms with Gasteiger partial charge in [-0.25, -0.2) is 0 Å². The lowest BCUT2D eigenvalue weighted by molar-refractivity contribution is 0.102. The van der Waals surface area contributed by atoms with Gasteiger partial charge in [0.05, 0.1) is 6.61 Å². The molecular weight excluding hydrogens is 232 g/mol. The molecule has 3 heteroatoms. The molecule has 17 heavy (non-hydrogen) atoms. The summed E-state index contributed by atoms with van der Waals surface area (Å²) in [5.41, 5.74) is -0.191. The minimum atomic E-state index is -1.00. The van der Waals surface area contributed by atoms with Gasteiger partial charge in [0.2, 0.25) is 0 Å². The van der Waals surface area contributed by atoms with Crippen LogP contribution in [-0.2, 0) is 5.60 Å². The molecule has 0 radical (unpaired) electrons. The number of para-hydroxylation sites is 1. The van der Waals surface area contributed by atoms with Crippen molar-refractivity contribution in [2.24, 2.45) is 0 Å². The molecule has 1 aromatic carbocycles. The molecule has 0 aliphatic heterocycles. The third-order valence-electron chi connectivity index (χ3n) is 2.71. The first-order chi connectivity index (χ1) is 8.16. The fourth-order valence-electron chi connectivity index (χ4n) is 1.84. The average Bonchev–Trinajstić information content (AvgIpc) is 2.84. The average molecular weight is 248 g/mol. The first kappa shape index (κ1) is 12.1. The van der Waals surface area contributed by atoms with E-state index >= 15 is 0 Å². The molecule has 0 saturated heterocycles. The number of aliphatic hydroxyl groups is 1. The van der Waals surface area contributed by atoms with Crippen LogP contribution in [0.4, 0.5) is 0 Å². The highest BCUT2D eigenvalue weighted by Gasteiger charge is 2.29. The first-order valence-electron chi connectivity index (χ1n) is 5.65. The van der Waals surface area contributed by atoms with Gasteiger partial charge in [-0.1, -0.05) is 24.3 Å². The van der Waals surface area contributed by atoms with Gasteiger partial charge in [-0.05, 0) is 31.4 Å². The second-order valence-corrected chi connectivity index (χ2v) is 4.93. The molecular formula is C14H16O2S. The second-order valence-electron chi connectivity index (χ2n) is 3.98. The van der Waals surface area contributed by atoms with Gasteiger partial charge in [0.25, 0.3) is 0 Å². The minimum absolute atomic E-state index is 0.595. The van der Waals surface area contributed by atoms with Crippen LogP contribution in [0.3, 0.4) is 0 Å². The van der Waals surface area contributed by atoms with E-state index in [1.165, 1.54) is 0 Å². The number of thiophene rings is 1. The highest BCUT2D eigenvalue weighted by Crippen LogP contribution is 2.37. The van der Waals surface area contributed by atoms with Gasteiger partial charge in [-0.15, -0.1) is 11.3 Å². The molecule has 1 aromatic heterocycles. The van der Waals surface area contributed by atoms with Crippen molar-refractivity contribution < 1.29 is 9.84 Å². The summed E-state index contributed by atoms with van der Waals surface area (Å²) in [7, 11) is 0. The maximum absolute atomic E-state index is 10.7. The number of benzene rings is 1. The first-order valence-corrected chi connectivity index (χ1v) is 6.53. The van der Waals surface area contributed by atoms with Gasteiger partial charge in [0.1, 0.15) is 11.4 Å². The predicted molar refractivity (Wildman–Crippen MR) is 70.6 cm³/mol. The molecule has 0 aliphatic carbocycles. The fraction of sp³-hybridized carbons (Fsp3) is 0.286. The van der Waals surface area contributed by atoms with Crippen LogP contribution >= 0.6 is 11.3 Å². The van der Waals surface area contributed by atoms with Gasteiger partial charge in [0, 0.05) is 10.4 Å². The van der Waals surface area contributed by atoms with Crippen LogP contribution in [0.2, 0.25) is 0 Å². The summed E-state index contributed by atoms with van der Waals surface area (Å²) < 4.78 is 5.57. The Kier molecular flexibility index (Phi) is 3.50. The highest BCUT2D eigenvalue weighted by atomic mass is 32.1. The lowest BCUT2D eigenvalue weighted by Crippen LogP contribution is -2.22. The Bertz CT molecular complexity index is 475. The molecule has 1 N–H and O–H groups in total. The van der Waals surface area contributed by atoms with Crippen LogP contribution in [0.15, 0.2) is 41.8 Å². The van der Waals surface area contributed by atoms with Crippen molar-refractivity contribution >= 4 is 11.3 Å². The molecule has 1 heterocycles. The molecule has 2 aromatic rings. The van der Waals surface area contributed by atoms with Crippen LogP contribution in [0.1, 0.15) is 24.3 Å². The largest absolute Gasteiger partial charge is 0.493 e. The summed E-state index contributed by atoms with van der Waals surface area (Å²) in [6, 6.07) is 11.5. The summed E-state index contributed by atoms with van der Waals surface area (Å²) in [6.07, 6.45) is 0. The smallest absolute Gasteiger partial charge is 0.125 e. The fourth-order valence-corrected chi connectivity index (χ4v) is 2.64. The number of rotatable bonds is 4. The monoisotopic (exact) mass is 248 g/mol. The van der Waals surface area contributed by atoms with E-state index in [9.17, 15) is 5.11 Å². The topological polar surface area (TPSA) is 29.5 Å². The van der Waals surface area contributed by atoms with Crippen molar-refractivity contribution in [2.45, 2.75) is 19.4 Å². The van der Waals surface area contributed by atoms with Crippen LogP contribution in [-0.4, -0.2) is 11.7 Å². The quantitative estimate of drug-likeness (QED) is 0.898. The van der Waals surface area contributed by atoms with E-state index in [1.807, 2.05) is 48.7 Å². The van der Waals surface area contributed by atoms with Crippen LogP contribution in [0, 0.1) is 0 Å². The van der Waals surface area contributed by atoms with Gasteiger partial charge in [-0.2, -0.15) is 0 Å². The number of ether oxygens (including phenoxy) is 1. The van der Waals surface area contributed by atoms with Crippen LogP contribution in [0.5, 0.6) is 5.75 Å². The predicted octanol–water partition coefficient (Wildman–Crippen LogP) is 3.40. The molecule has 0 saturated carbocycles. The lowest BCUT2D eigenvalue weighted by atomic mass is 9.93. The number of hydrogen-bond acceptors (Lipinski definition) is 3. The zero-order chi connectivity index (χ0) is 12.3. The number of hydrogen-bond donors (Lipinski definition) is 1. The Morgan fingerprint density at radius 1 is 1.24 bits per heavy atom. The third-order valence-corrected chi connectivity index (χ3v) is 3.79. The zero-order valence-corrected chi connectivity index (χ0v) is 10.8. The second kappa shape index (κ2) is 4.90. The SMILES string of the molecule is CCOc1ccccc1C(C)(O)c1cccs1. The molecule has 1 unspecified atom stereocenters. The van der Waals surface area contributed by atoms with E-state index in [0.717, 1.165) is 16.2 Å². The Hall–Kier alpha value is -1.32. The summed E-state index contributed by atoms with van der Waals surface area (Å²) in [6.45, 7) is 4.34. The van der Waals surface area contributed by atoms with Gasteiger partial charge >= 0.3 is 0 Å². The molecule has 0 amide bonds. The lowest BCUT2D eigenvalue weighted by Gasteiger charge is -2.24. The van der Waals surface area contributed by atoms with Crippen molar-refractivity contribution in [2.75, 3.05) is 6.61 Å². The van der Waals surface area contributed by atoms with Crippen molar-refractivity contribution in [1.29, 1.82) is 0 Å². The Morgan fingerprint density at radius 3 is 2.65 bits per heavy atom. The van der Waals surface area contributed by atoms with E-state index in [2.05, 4.69) is 0 Å². The molecule has 2 nitrogen and oxygen atoms in total. The third kappa shape index (κ3) is 2.35. The van der Waals surface area contributed by atoms with Gasteiger partial charge in [-0.3, -0.25) is 0 Å². The molecule has 2 rings (SSSR count). The summed E-state index contributed by atoms with van der Waals surface area (Å²) >= 11 is 1.55. The van der Waals surface area contributed by atoms with Crippen LogP contribution < -0.4 is 4.74 Å². The molecule has 0 fully saturated rings. The van der Waals surface area contributed by atoms with Crippen molar-refractivity contribution in [3.63, 3.8) is 0 Å². The van der Waals surface area contributed by atoms with Gasteiger partial charge in [0.15, 0.2) is 0 Å². The molecule has 0 spiro atoms.